The smallest absolute Gasteiger partial charge is 0.163 e. The van der Waals surface area contributed by atoms with Crippen LogP contribution in [0.2, 0.25) is 0 Å². The topological polar surface area (TPSA) is 34.9 Å². The zero-order chi connectivity index (χ0) is 11.7. The lowest BCUT2D eigenvalue weighted by molar-refractivity contribution is 0.101. The molecule has 0 spiro atoms. The fourth-order valence-corrected chi connectivity index (χ4v) is 1.80. The van der Waals surface area contributed by atoms with E-state index in [4.69, 9.17) is 0 Å². The van der Waals surface area contributed by atoms with E-state index in [0.29, 0.717) is 5.56 Å². The molecule has 1 aromatic carbocycles. The lowest BCUT2D eigenvalue weighted by Crippen LogP contribution is -2.02. The Balaban J connectivity index is 2.58. The summed E-state index contributed by atoms with van der Waals surface area (Å²) < 4.78 is 1.81. The minimum atomic E-state index is 0.0531. The van der Waals surface area contributed by atoms with Gasteiger partial charge in [0.2, 0.25) is 0 Å². The zero-order valence-electron chi connectivity index (χ0n) is 9.69. The number of aryl methyl sites for hydroxylation is 1. The Morgan fingerprint density at radius 1 is 1.25 bits per heavy atom. The lowest BCUT2D eigenvalue weighted by atomic mass is 10.1. The van der Waals surface area contributed by atoms with Gasteiger partial charge in [0.15, 0.2) is 5.78 Å². The van der Waals surface area contributed by atoms with Gasteiger partial charge in [-0.05, 0) is 32.4 Å². The number of carbonyl (C=O) groups is 1. The molecule has 2 rings (SSSR count). The minimum Gasteiger partial charge on any atom is -0.294 e. The van der Waals surface area contributed by atoms with Crippen LogP contribution >= 0.6 is 0 Å². The summed E-state index contributed by atoms with van der Waals surface area (Å²) >= 11 is 0. The quantitative estimate of drug-likeness (QED) is 0.720. The average molecular weight is 214 g/mol. The molecule has 2 aromatic rings. The number of aromatic nitrogens is 2. The van der Waals surface area contributed by atoms with Gasteiger partial charge in [-0.3, -0.25) is 4.79 Å². The number of nitrogens with zero attached hydrogens (tertiary/aromatic N) is 2. The Morgan fingerprint density at radius 2 is 1.94 bits per heavy atom. The van der Waals surface area contributed by atoms with Gasteiger partial charge in [-0.2, -0.15) is 5.10 Å². The first-order chi connectivity index (χ1) is 7.61. The Labute approximate surface area is 94.7 Å². The maximum absolute atomic E-state index is 11.3. The number of ketones is 1. The predicted octanol–water partition coefficient (Wildman–Crippen LogP) is 2.69. The molecule has 16 heavy (non-hydrogen) atoms. The molecule has 0 saturated carbocycles. The highest BCUT2D eigenvalue weighted by Gasteiger charge is 2.12. The fraction of sp³-hybridized carbons (Fsp3) is 0.231. The van der Waals surface area contributed by atoms with Crippen LogP contribution in [0.15, 0.2) is 30.5 Å². The normalized spacial score (nSPS) is 10.4. The molecule has 82 valence electrons. The number of carbonyl (C=O) groups excluding carboxylic acids is 1. The Kier molecular flexibility index (Phi) is 2.60. The van der Waals surface area contributed by atoms with Gasteiger partial charge in [0.25, 0.3) is 0 Å². The van der Waals surface area contributed by atoms with Gasteiger partial charge in [0.05, 0.1) is 23.1 Å². The van der Waals surface area contributed by atoms with Crippen LogP contribution in [-0.2, 0) is 0 Å². The molecule has 0 aliphatic heterocycles. The molecule has 0 bridgehead atoms. The first kappa shape index (κ1) is 10.6. The van der Waals surface area contributed by atoms with Crippen LogP contribution in [0.4, 0.5) is 0 Å². The first-order valence-corrected chi connectivity index (χ1v) is 5.23. The number of Topliss-reactive ketones (excluding diaryl/α,β-unsaturated/α-hetero) is 1. The Bertz CT molecular complexity index is 541. The molecular weight excluding hydrogens is 200 g/mol. The molecule has 0 atom stereocenters. The van der Waals surface area contributed by atoms with E-state index in [0.717, 1.165) is 16.9 Å². The highest BCUT2D eigenvalue weighted by Crippen LogP contribution is 2.17. The highest BCUT2D eigenvalue weighted by atomic mass is 16.1. The summed E-state index contributed by atoms with van der Waals surface area (Å²) in [6, 6.07) is 7.99. The van der Waals surface area contributed by atoms with Gasteiger partial charge in [0, 0.05) is 0 Å². The van der Waals surface area contributed by atoms with E-state index in [1.807, 2.05) is 42.8 Å². The molecule has 0 aliphatic rings. The predicted molar refractivity (Wildman–Crippen MR) is 63.0 cm³/mol. The van der Waals surface area contributed by atoms with Gasteiger partial charge in [0.1, 0.15) is 0 Å². The average Bonchev–Trinajstić information content (AvgIpc) is 2.61. The molecule has 1 heterocycles. The third-order valence-electron chi connectivity index (χ3n) is 2.73. The third-order valence-corrected chi connectivity index (χ3v) is 2.73. The van der Waals surface area contributed by atoms with E-state index in [1.165, 1.54) is 0 Å². The maximum Gasteiger partial charge on any atom is 0.163 e. The lowest BCUT2D eigenvalue weighted by Gasteiger charge is -2.07. The van der Waals surface area contributed by atoms with Crippen molar-refractivity contribution in [3.8, 4) is 5.69 Å². The molecule has 3 heteroatoms. The Hall–Kier alpha value is -1.90. The second kappa shape index (κ2) is 3.93. The molecule has 0 amide bonds. The fourth-order valence-electron chi connectivity index (χ4n) is 1.80. The number of benzene rings is 1. The van der Waals surface area contributed by atoms with Crippen molar-refractivity contribution in [3.05, 3.63) is 47.3 Å². The van der Waals surface area contributed by atoms with E-state index in [1.54, 1.807) is 13.1 Å². The van der Waals surface area contributed by atoms with Crippen molar-refractivity contribution in [2.75, 3.05) is 0 Å². The maximum atomic E-state index is 11.3. The van der Waals surface area contributed by atoms with Crippen LogP contribution in [-0.4, -0.2) is 15.6 Å². The van der Waals surface area contributed by atoms with Gasteiger partial charge in [-0.15, -0.1) is 0 Å². The van der Waals surface area contributed by atoms with Crippen LogP contribution < -0.4 is 0 Å². The third kappa shape index (κ3) is 1.65. The van der Waals surface area contributed by atoms with Gasteiger partial charge < -0.3 is 0 Å². The molecule has 0 radical (unpaired) electrons. The molecule has 0 unspecified atom stereocenters. The van der Waals surface area contributed by atoms with Crippen LogP contribution in [0.25, 0.3) is 5.69 Å². The standard InChI is InChI=1S/C13H14N2O/c1-9-6-4-5-7-13(9)15-10(2)12(8-14-15)11(3)16/h4-8H,1-3H3. The van der Waals surface area contributed by atoms with E-state index in [-0.39, 0.29) is 5.78 Å². The van der Waals surface area contributed by atoms with Crippen LogP contribution in [0.5, 0.6) is 0 Å². The van der Waals surface area contributed by atoms with Crippen molar-refractivity contribution in [2.24, 2.45) is 0 Å². The molecule has 1 aromatic heterocycles. The number of rotatable bonds is 2. The molecule has 0 saturated heterocycles. The summed E-state index contributed by atoms with van der Waals surface area (Å²) in [5.41, 5.74) is 3.74. The Morgan fingerprint density at radius 3 is 2.50 bits per heavy atom. The second-order valence-electron chi connectivity index (χ2n) is 3.90. The van der Waals surface area contributed by atoms with Crippen LogP contribution in [0.1, 0.15) is 28.5 Å². The summed E-state index contributed by atoms with van der Waals surface area (Å²) in [4.78, 5) is 11.3. The summed E-state index contributed by atoms with van der Waals surface area (Å²) in [7, 11) is 0. The van der Waals surface area contributed by atoms with Crippen molar-refractivity contribution in [3.63, 3.8) is 0 Å². The highest BCUT2D eigenvalue weighted by molar-refractivity contribution is 5.95. The first-order valence-electron chi connectivity index (χ1n) is 5.23. The van der Waals surface area contributed by atoms with Crippen molar-refractivity contribution in [2.45, 2.75) is 20.8 Å². The van der Waals surface area contributed by atoms with E-state index in [9.17, 15) is 4.79 Å². The van der Waals surface area contributed by atoms with E-state index < -0.39 is 0 Å². The molecule has 0 aliphatic carbocycles. The summed E-state index contributed by atoms with van der Waals surface area (Å²) in [6.45, 7) is 5.51. The zero-order valence-corrected chi connectivity index (χ0v) is 9.69. The minimum absolute atomic E-state index is 0.0531. The summed E-state index contributed by atoms with van der Waals surface area (Å²) in [6.07, 6.45) is 1.63. The van der Waals surface area contributed by atoms with Gasteiger partial charge >= 0.3 is 0 Å². The summed E-state index contributed by atoms with van der Waals surface area (Å²) in [5, 5.41) is 4.26. The van der Waals surface area contributed by atoms with Crippen molar-refractivity contribution in [1.29, 1.82) is 0 Å². The molecular formula is C13H14N2O. The SMILES string of the molecule is CC(=O)c1cnn(-c2ccccc2C)c1C. The van der Waals surface area contributed by atoms with Crippen molar-refractivity contribution in [1.82, 2.24) is 9.78 Å². The van der Waals surface area contributed by atoms with Crippen LogP contribution in [0.3, 0.4) is 0 Å². The van der Waals surface area contributed by atoms with Gasteiger partial charge in [-0.1, -0.05) is 18.2 Å². The monoisotopic (exact) mass is 214 g/mol. The van der Waals surface area contributed by atoms with Crippen LogP contribution in [0, 0.1) is 13.8 Å². The molecule has 3 nitrogen and oxygen atoms in total. The van der Waals surface area contributed by atoms with E-state index in [2.05, 4.69) is 5.10 Å². The summed E-state index contributed by atoms with van der Waals surface area (Å²) in [5.74, 6) is 0.0531. The van der Waals surface area contributed by atoms with E-state index >= 15 is 0 Å². The number of hydrogen-bond donors (Lipinski definition) is 0. The largest absolute Gasteiger partial charge is 0.294 e. The second-order valence-corrected chi connectivity index (χ2v) is 3.90. The molecule has 0 fully saturated rings. The van der Waals surface area contributed by atoms with Crippen molar-refractivity contribution < 1.29 is 4.79 Å². The number of para-hydroxylation sites is 1. The van der Waals surface area contributed by atoms with Crippen molar-refractivity contribution >= 4 is 5.78 Å². The van der Waals surface area contributed by atoms with Gasteiger partial charge in [-0.25, -0.2) is 4.68 Å². The number of hydrogen-bond acceptors (Lipinski definition) is 2. The molecule has 0 N–H and O–H groups in total.